The zero-order valence-corrected chi connectivity index (χ0v) is 42.0. The third-order valence-electron chi connectivity index (χ3n) is 11.3. The minimum atomic E-state index is -0.881. The van der Waals surface area contributed by atoms with Crippen molar-refractivity contribution in [3.63, 3.8) is 0 Å². The molecule has 0 amide bonds. The summed E-state index contributed by atoms with van der Waals surface area (Å²) in [5, 5.41) is 9.66. The second-order valence-corrected chi connectivity index (χ2v) is 18.4. The fourth-order valence-electron chi connectivity index (χ4n) is 7.35. The van der Waals surface area contributed by atoms with Crippen LogP contribution in [0.15, 0.2) is 72.9 Å². The lowest BCUT2D eigenvalue weighted by Gasteiger charge is -2.31. The summed E-state index contributed by atoms with van der Waals surface area (Å²) in [5.41, 5.74) is 0. The third kappa shape index (κ3) is 44.0. The highest BCUT2D eigenvalue weighted by molar-refractivity contribution is 5.72. The van der Waals surface area contributed by atoms with Gasteiger partial charge in [-0.15, -0.1) is 0 Å². The van der Waals surface area contributed by atoms with Crippen molar-refractivity contribution >= 4 is 17.9 Å². The van der Waals surface area contributed by atoms with Crippen molar-refractivity contribution in [3.8, 4) is 0 Å². The van der Waals surface area contributed by atoms with Crippen molar-refractivity contribution in [2.24, 2.45) is 0 Å². The van der Waals surface area contributed by atoms with Crippen molar-refractivity contribution in [1.29, 1.82) is 0 Å². The minimum absolute atomic E-state index is 0.0465. The lowest BCUT2D eigenvalue weighted by molar-refractivity contribution is -0.887. The molecule has 0 radical (unpaired) electrons. The topological polar surface area (TPSA) is 99.1 Å². The van der Waals surface area contributed by atoms with Gasteiger partial charge in [0.05, 0.1) is 34.4 Å². The molecule has 0 fully saturated rings. The van der Waals surface area contributed by atoms with Crippen LogP contribution in [0, 0.1) is 0 Å². The zero-order chi connectivity index (χ0) is 47.0. The molecule has 0 aromatic rings. The third-order valence-corrected chi connectivity index (χ3v) is 11.3. The number of aliphatic carboxylic acids is 1. The van der Waals surface area contributed by atoms with Crippen LogP contribution in [0.2, 0.25) is 0 Å². The summed E-state index contributed by atoms with van der Waals surface area (Å²) in [6.45, 7) is 4.60. The molecule has 0 aliphatic carbocycles. The Morgan fingerprint density at radius 3 is 1.31 bits per heavy atom. The summed E-state index contributed by atoms with van der Waals surface area (Å²) in [5.74, 6) is -1.51. The number of carbonyl (C=O) groups excluding carboxylic acids is 2. The van der Waals surface area contributed by atoms with Gasteiger partial charge in [-0.2, -0.15) is 0 Å². The highest BCUT2D eigenvalue weighted by Gasteiger charge is 2.31. The van der Waals surface area contributed by atoms with E-state index in [0.717, 1.165) is 83.5 Å². The maximum Gasteiger partial charge on any atom is 0.362 e. The number of likely N-dealkylation sites (N-methyl/N-ethyl adjacent to an activating group) is 1. The molecule has 0 bridgehead atoms. The molecule has 0 saturated heterocycles. The Bertz CT molecular complexity index is 1270. The zero-order valence-electron chi connectivity index (χ0n) is 42.0. The molecule has 0 aliphatic heterocycles. The van der Waals surface area contributed by atoms with E-state index in [9.17, 15) is 19.5 Å². The van der Waals surface area contributed by atoms with Crippen molar-refractivity contribution < 1.29 is 38.2 Å². The number of rotatable bonds is 46. The lowest BCUT2D eigenvalue weighted by Crippen LogP contribution is -2.50. The summed E-state index contributed by atoms with van der Waals surface area (Å²) >= 11 is 0. The molecule has 0 aromatic heterocycles. The van der Waals surface area contributed by atoms with Crippen LogP contribution in [-0.2, 0) is 28.6 Å². The van der Waals surface area contributed by atoms with Gasteiger partial charge >= 0.3 is 17.9 Å². The van der Waals surface area contributed by atoms with Gasteiger partial charge in [0.15, 0.2) is 12.1 Å². The second kappa shape index (κ2) is 46.3. The van der Waals surface area contributed by atoms with Gasteiger partial charge in [-0.25, -0.2) is 4.79 Å². The highest BCUT2D eigenvalue weighted by Crippen LogP contribution is 2.14. The van der Waals surface area contributed by atoms with Gasteiger partial charge in [0.2, 0.25) is 0 Å². The summed E-state index contributed by atoms with van der Waals surface area (Å²) < 4.78 is 17.3. The molecule has 1 N–H and O–H groups in total. The number of unbranched alkanes of at least 4 members (excludes halogenated alkanes) is 20. The Morgan fingerprint density at radius 1 is 0.484 bits per heavy atom. The van der Waals surface area contributed by atoms with Gasteiger partial charge in [-0.05, 0) is 83.5 Å². The van der Waals surface area contributed by atoms with Crippen molar-refractivity contribution in [2.45, 2.75) is 225 Å². The number of carboxylic acids is 1. The van der Waals surface area contributed by atoms with E-state index in [-0.39, 0.29) is 36.2 Å². The molecule has 0 saturated carbocycles. The standard InChI is InChI=1S/C56H97NO7/c1-6-8-10-12-14-16-18-20-22-24-26-28-30-32-34-36-38-40-42-44-46-54(58)63-51-52(50-62-49-48-53(56(60)61)57(3,4)5)64-55(59)47-45-43-41-39-37-35-33-31-29-27-25-23-21-19-17-15-13-11-9-7-2/h9,11,15,17,21,23,26-29,33,35,52-53H,6-8,10,12-14,16,18-20,22,24-25,30-32,34,36-51H2,1-5H3/p+1/b11-9+,17-15+,23-21+,28-26+,29-27+,35-33+. The first kappa shape index (κ1) is 60.8. The van der Waals surface area contributed by atoms with E-state index in [0.29, 0.717) is 19.3 Å². The number of carbonyl (C=O) groups is 3. The number of allylic oxidation sites excluding steroid dienone is 12. The monoisotopic (exact) mass is 897 g/mol. The van der Waals surface area contributed by atoms with Crippen molar-refractivity contribution in [2.75, 3.05) is 41.0 Å². The summed E-state index contributed by atoms with van der Waals surface area (Å²) in [4.78, 5) is 37.2. The van der Waals surface area contributed by atoms with Crippen LogP contribution >= 0.6 is 0 Å². The number of quaternary nitrogens is 1. The fraction of sp³-hybridized carbons (Fsp3) is 0.732. The first-order valence-electron chi connectivity index (χ1n) is 26.0. The van der Waals surface area contributed by atoms with Gasteiger partial charge in [-0.1, -0.05) is 183 Å². The van der Waals surface area contributed by atoms with Crippen LogP contribution in [0.1, 0.15) is 213 Å². The van der Waals surface area contributed by atoms with E-state index in [2.05, 4.69) is 86.8 Å². The van der Waals surface area contributed by atoms with Crippen LogP contribution in [0.25, 0.3) is 0 Å². The molecule has 2 atom stereocenters. The average Bonchev–Trinajstić information content (AvgIpc) is 3.26. The van der Waals surface area contributed by atoms with Gasteiger partial charge < -0.3 is 23.8 Å². The molecular weight excluding hydrogens is 799 g/mol. The lowest BCUT2D eigenvalue weighted by atomic mass is 10.1. The van der Waals surface area contributed by atoms with E-state index in [4.69, 9.17) is 14.2 Å². The fourth-order valence-corrected chi connectivity index (χ4v) is 7.35. The maximum absolute atomic E-state index is 12.8. The van der Waals surface area contributed by atoms with E-state index < -0.39 is 18.1 Å². The van der Waals surface area contributed by atoms with Crippen LogP contribution in [0.4, 0.5) is 0 Å². The predicted molar refractivity (Wildman–Crippen MR) is 270 cm³/mol. The summed E-state index contributed by atoms with van der Waals surface area (Å²) in [6, 6.07) is -0.624. The van der Waals surface area contributed by atoms with Crippen LogP contribution in [0.3, 0.4) is 0 Å². The first-order valence-corrected chi connectivity index (χ1v) is 26.0. The summed E-state index contributed by atoms with van der Waals surface area (Å²) in [7, 11) is 5.52. The van der Waals surface area contributed by atoms with E-state index in [1.165, 1.54) is 96.3 Å². The molecule has 0 heterocycles. The Morgan fingerprint density at radius 2 is 0.875 bits per heavy atom. The van der Waals surface area contributed by atoms with Gasteiger partial charge in [0.25, 0.3) is 0 Å². The number of carboxylic acid groups (broad SMARTS) is 1. The molecule has 8 heteroatoms. The molecule has 8 nitrogen and oxygen atoms in total. The molecule has 64 heavy (non-hydrogen) atoms. The molecular formula is C56H98NO7+. The maximum atomic E-state index is 12.8. The highest BCUT2D eigenvalue weighted by atomic mass is 16.6. The van der Waals surface area contributed by atoms with Crippen molar-refractivity contribution in [1.82, 2.24) is 0 Å². The van der Waals surface area contributed by atoms with E-state index >= 15 is 0 Å². The Hall–Kier alpha value is -3.23. The minimum Gasteiger partial charge on any atom is -0.477 e. The SMILES string of the molecule is CC/C=C/C/C=C/C/C=C/C/C=C/C/C=C/CCCCCCC(=O)OC(COCCC(C(=O)O)[N+](C)(C)C)COC(=O)CCCCCCCCC/C=C/CCCCCCCCCCC. The number of hydrogen-bond donors (Lipinski definition) is 1. The predicted octanol–water partition coefficient (Wildman–Crippen LogP) is 15.1. The van der Waals surface area contributed by atoms with Crippen LogP contribution < -0.4 is 0 Å². The largest absolute Gasteiger partial charge is 0.477 e. The Labute approximate surface area is 393 Å². The van der Waals surface area contributed by atoms with Crippen molar-refractivity contribution in [3.05, 3.63) is 72.9 Å². The van der Waals surface area contributed by atoms with Gasteiger partial charge in [0, 0.05) is 19.3 Å². The molecule has 0 aliphatic rings. The molecule has 0 rings (SSSR count). The quantitative estimate of drug-likeness (QED) is 0.0281. The van der Waals surface area contributed by atoms with E-state index in [1.807, 2.05) is 21.1 Å². The number of esters is 2. The normalized spacial score (nSPS) is 13.5. The van der Waals surface area contributed by atoms with Crippen LogP contribution in [0.5, 0.6) is 0 Å². The molecule has 0 aromatic carbocycles. The first-order chi connectivity index (χ1) is 31.1. The number of nitrogens with zero attached hydrogens (tertiary/aromatic N) is 1. The molecule has 368 valence electrons. The average molecular weight is 897 g/mol. The summed E-state index contributed by atoms with van der Waals surface area (Å²) in [6.07, 6.45) is 59.5. The second-order valence-electron chi connectivity index (χ2n) is 18.4. The number of hydrogen-bond acceptors (Lipinski definition) is 6. The van der Waals surface area contributed by atoms with E-state index in [1.54, 1.807) is 0 Å². The smallest absolute Gasteiger partial charge is 0.362 e. The Kier molecular flexibility index (Phi) is 44.0. The van der Waals surface area contributed by atoms with Gasteiger partial charge in [-0.3, -0.25) is 9.59 Å². The number of ether oxygens (including phenoxy) is 3. The Balaban J connectivity index is 4.31. The van der Waals surface area contributed by atoms with Crippen LogP contribution in [-0.4, -0.2) is 80.6 Å². The molecule has 2 unspecified atom stereocenters. The van der Waals surface area contributed by atoms with Gasteiger partial charge in [0.1, 0.15) is 6.61 Å². The molecule has 0 spiro atoms.